The molecule has 0 saturated heterocycles. The van der Waals surface area contributed by atoms with Crippen molar-refractivity contribution < 1.29 is 19.1 Å². The van der Waals surface area contributed by atoms with Crippen molar-refractivity contribution in [2.45, 2.75) is 58.6 Å². The molecule has 0 fully saturated rings. The Morgan fingerprint density at radius 1 is 1.08 bits per heavy atom. The Kier molecular flexibility index (Phi) is 6.95. The normalized spacial score (nSPS) is 13.5. The number of imide groups is 1. The molecule has 0 spiro atoms. The third-order valence-corrected chi connectivity index (χ3v) is 3.24. The number of ether oxygens (including phenoxy) is 1. The van der Waals surface area contributed by atoms with Gasteiger partial charge in [-0.1, -0.05) is 37.3 Å². The maximum atomic E-state index is 12.0. The van der Waals surface area contributed by atoms with E-state index in [4.69, 9.17) is 4.74 Å². The Balaban J connectivity index is 2.45. The molecule has 2 atom stereocenters. The van der Waals surface area contributed by atoms with Gasteiger partial charge in [0.1, 0.15) is 0 Å². The molecule has 1 rings (SSSR count). The van der Waals surface area contributed by atoms with Gasteiger partial charge in [0.25, 0.3) is 5.91 Å². The van der Waals surface area contributed by atoms with E-state index in [9.17, 15) is 14.4 Å². The second-order valence-electron chi connectivity index (χ2n) is 6.84. The fourth-order valence-corrected chi connectivity index (χ4v) is 2.03. The summed E-state index contributed by atoms with van der Waals surface area (Å²) in [7, 11) is 0. The predicted octanol–water partition coefficient (Wildman–Crippen LogP) is 2.74. The summed E-state index contributed by atoms with van der Waals surface area (Å²) in [5.41, 5.74) is 0.561. The molecule has 0 heterocycles. The van der Waals surface area contributed by atoms with Crippen molar-refractivity contribution in [3.05, 3.63) is 35.9 Å². The molecule has 0 aromatic heterocycles. The molecule has 3 amide bonds. The average Bonchev–Trinajstić information content (AvgIpc) is 2.45. The van der Waals surface area contributed by atoms with E-state index >= 15 is 0 Å². The van der Waals surface area contributed by atoms with E-state index in [0.29, 0.717) is 0 Å². The number of urea groups is 1. The van der Waals surface area contributed by atoms with Crippen molar-refractivity contribution in [2.75, 3.05) is 0 Å². The van der Waals surface area contributed by atoms with E-state index in [2.05, 4.69) is 10.6 Å². The Morgan fingerprint density at radius 3 is 2.21 bits per heavy atom. The molecule has 0 aliphatic heterocycles. The minimum absolute atomic E-state index is 0.0156. The minimum atomic E-state index is -1.04. The molecule has 0 saturated carbocycles. The molecule has 0 unspecified atom stereocenters. The van der Waals surface area contributed by atoms with Crippen LogP contribution in [0.15, 0.2) is 30.3 Å². The van der Waals surface area contributed by atoms with Crippen molar-refractivity contribution >= 4 is 17.9 Å². The van der Waals surface area contributed by atoms with E-state index in [1.807, 2.05) is 37.3 Å². The van der Waals surface area contributed by atoms with Gasteiger partial charge in [-0.15, -0.1) is 0 Å². The highest BCUT2D eigenvalue weighted by Gasteiger charge is 2.23. The van der Waals surface area contributed by atoms with Crippen LogP contribution in [0.3, 0.4) is 0 Å². The van der Waals surface area contributed by atoms with Gasteiger partial charge < -0.3 is 10.1 Å². The molecule has 1 aromatic rings. The number of carbonyl (C=O) groups is 3. The number of benzene rings is 1. The first-order chi connectivity index (χ1) is 11.1. The molecule has 2 N–H and O–H groups in total. The largest absolute Gasteiger partial charge is 0.453 e. The van der Waals surface area contributed by atoms with Gasteiger partial charge in [0.2, 0.25) is 0 Å². The lowest BCUT2D eigenvalue weighted by Gasteiger charge is -2.21. The Bertz CT molecular complexity index is 578. The predicted molar refractivity (Wildman–Crippen MR) is 91.5 cm³/mol. The molecule has 132 valence electrons. The summed E-state index contributed by atoms with van der Waals surface area (Å²) in [6, 6.07) is 8.97. The van der Waals surface area contributed by atoms with Gasteiger partial charge >= 0.3 is 12.0 Å². The highest BCUT2D eigenvalue weighted by molar-refractivity contribution is 5.97. The number of nitrogens with one attached hydrogen (secondary N) is 2. The number of amides is 3. The first-order valence-corrected chi connectivity index (χ1v) is 7.96. The van der Waals surface area contributed by atoms with Gasteiger partial charge in [-0.2, -0.15) is 0 Å². The average molecular weight is 334 g/mol. The number of rotatable bonds is 5. The van der Waals surface area contributed by atoms with Gasteiger partial charge in [0.05, 0.1) is 6.42 Å². The Labute approximate surface area is 143 Å². The van der Waals surface area contributed by atoms with E-state index in [1.54, 1.807) is 20.8 Å². The van der Waals surface area contributed by atoms with Gasteiger partial charge in [0.15, 0.2) is 6.10 Å². The SMILES string of the molecule is C[C@@H](OC(=O)C[C@H](C)c1ccccc1)C(=O)NC(=O)NC(C)(C)C. The van der Waals surface area contributed by atoms with Crippen molar-refractivity contribution in [3.8, 4) is 0 Å². The van der Waals surface area contributed by atoms with Crippen molar-refractivity contribution in [1.29, 1.82) is 0 Å². The van der Waals surface area contributed by atoms with Crippen LogP contribution in [0, 0.1) is 0 Å². The number of hydrogen-bond donors (Lipinski definition) is 2. The van der Waals surface area contributed by atoms with Crippen LogP contribution in [0.4, 0.5) is 4.79 Å². The number of esters is 1. The Hall–Kier alpha value is -2.37. The molecule has 1 aromatic carbocycles. The molecule has 0 radical (unpaired) electrons. The van der Waals surface area contributed by atoms with Crippen LogP contribution in [-0.2, 0) is 14.3 Å². The lowest BCUT2D eigenvalue weighted by Crippen LogP contribution is -2.50. The van der Waals surface area contributed by atoms with E-state index in [1.165, 1.54) is 6.92 Å². The standard InChI is InChI=1S/C18H26N2O4/c1-12(14-9-7-6-8-10-14)11-15(21)24-13(2)16(22)19-17(23)20-18(3,4)5/h6-10,12-13H,11H2,1-5H3,(H2,19,20,22,23)/t12-,13+/m0/s1. The summed E-state index contributed by atoms with van der Waals surface area (Å²) < 4.78 is 5.10. The summed E-state index contributed by atoms with van der Waals surface area (Å²) in [6.45, 7) is 8.74. The molecule has 0 aliphatic rings. The third-order valence-electron chi connectivity index (χ3n) is 3.24. The van der Waals surface area contributed by atoms with Gasteiger partial charge in [0, 0.05) is 5.54 Å². The summed E-state index contributed by atoms with van der Waals surface area (Å²) in [6.07, 6.45) is -0.873. The fraction of sp³-hybridized carbons (Fsp3) is 0.500. The monoisotopic (exact) mass is 334 g/mol. The van der Waals surface area contributed by atoms with E-state index in [0.717, 1.165) is 5.56 Å². The van der Waals surface area contributed by atoms with E-state index < -0.39 is 29.6 Å². The lowest BCUT2D eigenvalue weighted by atomic mass is 9.98. The zero-order valence-corrected chi connectivity index (χ0v) is 14.9. The van der Waals surface area contributed by atoms with Crippen molar-refractivity contribution in [3.63, 3.8) is 0 Å². The molecular formula is C18H26N2O4. The quantitative estimate of drug-likeness (QED) is 0.811. The van der Waals surface area contributed by atoms with Crippen LogP contribution >= 0.6 is 0 Å². The number of hydrogen-bond acceptors (Lipinski definition) is 4. The molecule has 6 heteroatoms. The highest BCUT2D eigenvalue weighted by atomic mass is 16.5. The first-order valence-electron chi connectivity index (χ1n) is 7.96. The first kappa shape index (κ1) is 19.7. The number of carbonyl (C=O) groups excluding carboxylic acids is 3. The third kappa shape index (κ3) is 7.26. The summed E-state index contributed by atoms with van der Waals surface area (Å²) >= 11 is 0. The van der Waals surface area contributed by atoms with Crippen LogP contribution in [0.25, 0.3) is 0 Å². The maximum Gasteiger partial charge on any atom is 0.321 e. The summed E-state index contributed by atoms with van der Waals surface area (Å²) in [5.74, 6) is -1.15. The van der Waals surface area contributed by atoms with Crippen LogP contribution in [0.2, 0.25) is 0 Å². The highest BCUT2D eigenvalue weighted by Crippen LogP contribution is 2.19. The smallest absolute Gasteiger partial charge is 0.321 e. The zero-order chi connectivity index (χ0) is 18.3. The zero-order valence-electron chi connectivity index (χ0n) is 14.9. The summed E-state index contributed by atoms with van der Waals surface area (Å²) in [4.78, 5) is 35.5. The molecule has 0 aliphatic carbocycles. The second kappa shape index (κ2) is 8.47. The minimum Gasteiger partial charge on any atom is -0.453 e. The van der Waals surface area contributed by atoms with Gasteiger partial charge in [-0.05, 0) is 39.2 Å². The Morgan fingerprint density at radius 2 is 1.67 bits per heavy atom. The maximum absolute atomic E-state index is 12.0. The lowest BCUT2D eigenvalue weighted by molar-refractivity contribution is -0.154. The van der Waals surface area contributed by atoms with Gasteiger partial charge in [-0.3, -0.25) is 14.9 Å². The van der Waals surface area contributed by atoms with Crippen molar-refractivity contribution in [1.82, 2.24) is 10.6 Å². The summed E-state index contributed by atoms with van der Waals surface area (Å²) in [5, 5.41) is 4.76. The molecular weight excluding hydrogens is 308 g/mol. The second-order valence-corrected chi connectivity index (χ2v) is 6.84. The molecule has 0 bridgehead atoms. The van der Waals surface area contributed by atoms with Crippen LogP contribution in [-0.4, -0.2) is 29.6 Å². The van der Waals surface area contributed by atoms with Crippen LogP contribution in [0.1, 0.15) is 52.5 Å². The van der Waals surface area contributed by atoms with Gasteiger partial charge in [-0.25, -0.2) is 4.79 Å². The molecule has 24 heavy (non-hydrogen) atoms. The molecule has 6 nitrogen and oxygen atoms in total. The van der Waals surface area contributed by atoms with E-state index in [-0.39, 0.29) is 12.3 Å². The topological polar surface area (TPSA) is 84.5 Å². The van der Waals surface area contributed by atoms with Crippen LogP contribution in [0.5, 0.6) is 0 Å². The fourth-order valence-electron chi connectivity index (χ4n) is 2.03. The van der Waals surface area contributed by atoms with Crippen LogP contribution < -0.4 is 10.6 Å². The van der Waals surface area contributed by atoms with Crippen molar-refractivity contribution in [2.24, 2.45) is 0 Å².